The van der Waals surface area contributed by atoms with Crippen LogP contribution in [0.15, 0.2) is 18.2 Å². The Labute approximate surface area is 102 Å². The van der Waals surface area contributed by atoms with Crippen LogP contribution in [0.5, 0.6) is 0 Å². The molecule has 0 heterocycles. The number of hydrogen-bond donors (Lipinski definition) is 2. The summed E-state index contributed by atoms with van der Waals surface area (Å²) >= 11 is 0. The summed E-state index contributed by atoms with van der Waals surface area (Å²) in [4.78, 5) is 11.8. The number of carbonyl (C=O) groups excluding carboxylic acids is 1. The van der Waals surface area contributed by atoms with Gasteiger partial charge in [0.2, 0.25) is 0 Å². The fourth-order valence-electron chi connectivity index (χ4n) is 1.43. The monoisotopic (exact) mass is 231 g/mol. The van der Waals surface area contributed by atoms with E-state index < -0.39 is 0 Å². The number of hydrogen-bond acceptors (Lipinski definition) is 2. The van der Waals surface area contributed by atoms with Crippen molar-refractivity contribution >= 4 is 5.91 Å². The molecule has 0 aliphatic heterocycles. The van der Waals surface area contributed by atoms with Gasteiger partial charge in [-0.2, -0.15) is 0 Å². The van der Waals surface area contributed by atoms with Crippen molar-refractivity contribution in [2.24, 2.45) is 0 Å². The molecular formula is C14H17NO2. The summed E-state index contributed by atoms with van der Waals surface area (Å²) in [5.74, 6) is 5.65. The maximum Gasteiger partial charge on any atom is 0.252 e. The molecule has 0 aromatic heterocycles. The Balaban J connectivity index is 3.04. The van der Waals surface area contributed by atoms with Crippen molar-refractivity contribution in [3.63, 3.8) is 0 Å². The SMILES string of the molecule is CCNC(=O)c1ccc(C)cc1C#CCCO. The van der Waals surface area contributed by atoms with E-state index in [1.807, 2.05) is 26.0 Å². The smallest absolute Gasteiger partial charge is 0.252 e. The lowest BCUT2D eigenvalue weighted by molar-refractivity contribution is 0.0955. The van der Waals surface area contributed by atoms with Crippen molar-refractivity contribution in [3.8, 4) is 11.8 Å². The molecule has 1 amide bonds. The van der Waals surface area contributed by atoms with Gasteiger partial charge in [-0.25, -0.2) is 0 Å². The fraction of sp³-hybridized carbons (Fsp3) is 0.357. The lowest BCUT2D eigenvalue weighted by Gasteiger charge is -2.05. The second kappa shape index (κ2) is 6.72. The Hall–Kier alpha value is -1.79. The summed E-state index contributed by atoms with van der Waals surface area (Å²) in [7, 11) is 0. The Morgan fingerprint density at radius 3 is 2.88 bits per heavy atom. The van der Waals surface area contributed by atoms with Crippen LogP contribution in [-0.4, -0.2) is 24.2 Å². The number of rotatable bonds is 3. The maximum absolute atomic E-state index is 11.8. The van der Waals surface area contributed by atoms with Crippen LogP contribution < -0.4 is 5.32 Å². The minimum absolute atomic E-state index is 0.0370. The molecule has 0 aliphatic carbocycles. The first-order valence-corrected chi connectivity index (χ1v) is 5.67. The molecule has 1 aromatic rings. The van der Waals surface area contributed by atoms with Crippen molar-refractivity contribution in [3.05, 3.63) is 34.9 Å². The van der Waals surface area contributed by atoms with E-state index in [0.29, 0.717) is 24.1 Å². The highest BCUT2D eigenvalue weighted by atomic mass is 16.2. The van der Waals surface area contributed by atoms with Crippen LogP contribution in [0.1, 0.15) is 34.8 Å². The zero-order valence-electron chi connectivity index (χ0n) is 10.2. The van der Waals surface area contributed by atoms with Gasteiger partial charge in [-0.1, -0.05) is 17.9 Å². The van der Waals surface area contributed by atoms with Crippen LogP contribution in [0.25, 0.3) is 0 Å². The van der Waals surface area contributed by atoms with Gasteiger partial charge in [-0.05, 0) is 31.5 Å². The highest BCUT2D eigenvalue weighted by molar-refractivity contribution is 5.96. The van der Waals surface area contributed by atoms with Gasteiger partial charge in [0.25, 0.3) is 5.91 Å². The van der Waals surface area contributed by atoms with E-state index in [-0.39, 0.29) is 12.5 Å². The number of aryl methyl sites for hydroxylation is 1. The fourth-order valence-corrected chi connectivity index (χ4v) is 1.43. The second-order valence-electron chi connectivity index (χ2n) is 3.68. The molecule has 0 atom stereocenters. The third-order valence-electron chi connectivity index (χ3n) is 2.22. The average Bonchev–Trinajstić information content (AvgIpc) is 2.30. The molecule has 17 heavy (non-hydrogen) atoms. The largest absolute Gasteiger partial charge is 0.395 e. The van der Waals surface area contributed by atoms with Gasteiger partial charge in [0, 0.05) is 18.5 Å². The minimum Gasteiger partial charge on any atom is -0.395 e. The standard InChI is InChI=1S/C14H17NO2/c1-3-15-14(17)13-8-7-11(2)10-12(13)6-4-5-9-16/h7-8,10,16H,3,5,9H2,1-2H3,(H,15,17). The zero-order valence-corrected chi connectivity index (χ0v) is 10.2. The number of aliphatic hydroxyl groups excluding tert-OH is 1. The molecule has 0 unspecified atom stereocenters. The van der Waals surface area contributed by atoms with Crippen LogP contribution in [-0.2, 0) is 0 Å². The van der Waals surface area contributed by atoms with Crippen LogP contribution in [0.4, 0.5) is 0 Å². The molecule has 3 nitrogen and oxygen atoms in total. The molecule has 90 valence electrons. The number of aliphatic hydroxyl groups is 1. The number of nitrogens with one attached hydrogen (secondary N) is 1. The lowest BCUT2D eigenvalue weighted by Crippen LogP contribution is -2.23. The summed E-state index contributed by atoms with van der Waals surface area (Å²) in [5.41, 5.74) is 2.36. The summed E-state index contributed by atoms with van der Waals surface area (Å²) < 4.78 is 0. The first kappa shape index (κ1) is 13.3. The Morgan fingerprint density at radius 2 is 2.24 bits per heavy atom. The number of benzene rings is 1. The summed E-state index contributed by atoms with van der Waals surface area (Å²) in [5, 5.41) is 11.4. The Kier molecular flexibility index (Phi) is 5.25. The molecule has 0 spiro atoms. The van der Waals surface area contributed by atoms with Crippen molar-refractivity contribution in [1.82, 2.24) is 5.32 Å². The quantitative estimate of drug-likeness (QED) is 0.774. The third-order valence-corrected chi connectivity index (χ3v) is 2.22. The molecule has 0 radical (unpaired) electrons. The molecule has 2 N–H and O–H groups in total. The minimum atomic E-state index is -0.110. The normalized spacial score (nSPS) is 9.35. The van der Waals surface area contributed by atoms with E-state index in [1.54, 1.807) is 6.07 Å². The topological polar surface area (TPSA) is 49.3 Å². The highest BCUT2D eigenvalue weighted by Gasteiger charge is 2.08. The maximum atomic E-state index is 11.8. The molecule has 1 aromatic carbocycles. The van der Waals surface area contributed by atoms with Crippen molar-refractivity contribution < 1.29 is 9.90 Å². The van der Waals surface area contributed by atoms with E-state index in [0.717, 1.165) is 5.56 Å². The molecule has 0 aliphatic rings. The molecule has 0 fully saturated rings. The predicted octanol–water partition coefficient (Wildman–Crippen LogP) is 1.48. The van der Waals surface area contributed by atoms with Gasteiger partial charge >= 0.3 is 0 Å². The molecule has 0 saturated carbocycles. The Bertz CT molecular complexity index is 455. The Morgan fingerprint density at radius 1 is 1.47 bits per heavy atom. The predicted molar refractivity (Wildman–Crippen MR) is 67.8 cm³/mol. The van der Waals surface area contributed by atoms with E-state index in [4.69, 9.17) is 5.11 Å². The second-order valence-corrected chi connectivity index (χ2v) is 3.68. The number of carbonyl (C=O) groups is 1. The van der Waals surface area contributed by atoms with E-state index in [9.17, 15) is 4.79 Å². The van der Waals surface area contributed by atoms with Crippen molar-refractivity contribution in [1.29, 1.82) is 0 Å². The van der Waals surface area contributed by atoms with Crippen molar-refractivity contribution in [2.45, 2.75) is 20.3 Å². The highest BCUT2D eigenvalue weighted by Crippen LogP contribution is 2.10. The van der Waals surface area contributed by atoms with Crippen LogP contribution in [0, 0.1) is 18.8 Å². The molecule has 3 heteroatoms. The molecule has 1 rings (SSSR count). The van der Waals surface area contributed by atoms with E-state index in [1.165, 1.54) is 0 Å². The van der Waals surface area contributed by atoms with Gasteiger partial charge in [0.1, 0.15) is 0 Å². The van der Waals surface area contributed by atoms with Gasteiger partial charge < -0.3 is 10.4 Å². The van der Waals surface area contributed by atoms with Gasteiger partial charge in [0.05, 0.1) is 12.2 Å². The van der Waals surface area contributed by atoms with Gasteiger partial charge in [0.15, 0.2) is 0 Å². The van der Waals surface area contributed by atoms with Crippen LogP contribution in [0.2, 0.25) is 0 Å². The molecular weight excluding hydrogens is 214 g/mol. The summed E-state index contributed by atoms with van der Waals surface area (Å²) in [6, 6.07) is 5.56. The average molecular weight is 231 g/mol. The molecule has 0 saturated heterocycles. The first-order valence-electron chi connectivity index (χ1n) is 5.67. The number of amides is 1. The van der Waals surface area contributed by atoms with Crippen molar-refractivity contribution in [2.75, 3.05) is 13.2 Å². The van der Waals surface area contributed by atoms with Gasteiger partial charge in [-0.3, -0.25) is 4.79 Å². The summed E-state index contributed by atoms with van der Waals surface area (Å²) in [6.45, 7) is 4.47. The van der Waals surface area contributed by atoms with Crippen LogP contribution in [0.3, 0.4) is 0 Å². The van der Waals surface area contributed by atoms with E-state index in [2.05, 4.69) is 17.2 Å². The first-order chi connectivity index (χ1) is 8.19. The zero-order chi connectivity index (χ0) is 12.7. The third kappa shape index (κ3) is 3.93. The lowest BCUT2D eigenvalue weighted by atomic mass is 10.0. The van der Waals surface area contributed by atoms with E-state index >= 15 is 0 Å². The molecule has 0 bridgehead atoms. The van der Waals surface area contributed by atoms with Crippen LogP contribution >= 0.6 is 0 Å². The summed E-state index contributed by atoms with van der Waals surface area (Å²) in [6.07, 6.45) is 0.419. The van der Waals surface area contributed by atoms with Gasteiger partial charge in [-0.15, -0.1) is 0 Å².